The number of hydrogen-bond donors (Lipinski definition) is 0. The van der Waals surface area contributed by atoms with E-state index in [2.05, 4.69) is 20.0 Å². The van der Waals surface area contributed by atoms with Crippen LogP contribution in [0.3, 0.4) is 0 Å². The summed E-state index contributed by atoms with van der Waals surface area (Å²) in [7, 11) is -0.866. The third kappa shape index (κ3) is 4.78. The fourth-order valence-corrected chi connectivity index (χ4v) is 0. The summed E-state index contributed by atoms with van der Waals surface area (Å²) in [6, 6.07) is 0. The Bertz CT molecular complexity index is 40.5. The molecule has 0 unspecified atom stereocenters. The van der Waals surface area contributed by atoms with Crippen molar-refractivity contribution in [3.8, 4) is 0 Å². The molecular formula is C3H11BClP. The van der Waals surface area contributed by atoms with E-state index in [4.69, 9.17) is 11.5 Å². The first-order chi connectivity index (χ1) is 2.56. The zero-order chi connectivity index (χ0) is 5.21. The Morgan fingerprint density at radius 3 is 1.50 bits per heavy atom. The van der Waals surface area contributed by atoms with Crippen molar-refractivity contribution >= 4 is 25.0 Å². The van der Waals surface area contributed by atoms with Gasteiger partial charge in [-0.05, 0) is 0 Å². The maximum atomic E-state index is 5.54. The second-order valence-corrected chi connectivity index (χ2v) is 8.88. The van der Waals surface area contributed by atoms with Gasteiger partial charge in [0.1, 0.15) is 0 Å². The van der Waals surface area contributed by atoms with E-state index in [9.17, 15) is 0 Å². The predicted molar refractivity (Wildman–Crippen MR) is 39.1 cm³/mol. The molecule has 0 N–H and O–H groups in total. The van der Waals surface area contributed by atoms with E-state index in [1.807, 2.05) is 0 Å². The summed E-state index contributed by atoms with van der Waals surface area (Å²) in [5.74, 6) is 0. The molecule has 0 aromatic heterocycles. The summed E-state index contributed by atoms with van der Waals surface area (Å²) in [6.45, 7) is 6.75. The van der Waals surface area contributed by atoms with E-state index in [1.165, 1.54) is 0 Å². The van der Waals surface area contributed by atoms with Gasteiger partial charge in [0.25, 0.3) is 0 Å². The summed E-state index contributed by atoms with van der Waals surface area (Å²) in [6.07, 6.45) is 0.882. The van der Waals surface area contributed by atoms with Crippen LogP contribution in [0.15, 0.2) is 0 Å². The Balaban J connectivity index is 3.17. The third-order valence-electron chi connectivity index (χ3n) is 0.401. The molecule has 0 saturated carbocycles. The molecule has 0 atom stereocenters. The molecule has 0 aliphatic rings. The second kappa shape index (κ2) is 2.19. The van der Waals surface area contributed by atoms with Crippen LogP contribution in [0.1, 0.15) is 0 Å². The molecular weight excluding hydrogens is 113 g/mol. The van der Waals surface area contributed by atoms with Crippen molar-refractivity contribution in [3.05, 3.63) is 0 Å². The first-order valence-corrected chi connectivity index (χ1v) is 6.36. The van der Waals surface area contributed by atoms with Crippen molar-refractivity contribution in [2.75, 3.05) is 20.0 Å². The van der Waals surface area contributed by atoms with Gasteiger partial charge in [0.15, 0.2) is 0 Å². The number of halogens is 1. The molecule has 0 heterocycles. The van der Waals surface area contributed by atoms with Gasteiger partial charge in [-0.3, -0.25) is 0 Å². The molecule has 0 saturated heterocycles. The molecule has 0 aromatic rings. The minimum absolute atomic E-state index is 0.866. The van der Waals surface area contributed by atoms with Crippen molar-refractivity contribution in [2.24, 2.45) is 0 Å². The summed E-state index contributed by atoms with van der Waals surface area (Å²) in [4.78, 5) is 0. The Hall–Kier alpha value is 0.785. The first-order valence-electron chi connectivity index (χ1n) is 2.12. The summed E-state index contributed by atoms with van der Waals surface area (Å²) >= 11 is 5.54. The molecule has 38 valence electrons. The molecule has 0 rings (SSSR count). The Morgan fingerprint density at radius 2 is 1.50 bits per heavy atom. The molecule has 0 aliphatic heterocycles. The van der Waals surface area contributed by atoms with Crippen molar-refractivity contribution in [2.45, 2.75) is 0 Å². The van der Waals surface area contributed by atoms with Crippen LogP contribution < -0.4 is 0 Å². The van der Waals surface area contributed by atoms with Crippen LogP contribution in [0, 0.1) is 0 Å². The molecule has 0 fully saturated rings. The average molecular weight is 124 g/mol. The van der Waals surface area contributed by atoms with Gasteiger partial charge in [-0.2, -0.15) is 0 Å². The normalized spacial score (nSPS) is 14.0. The van der Waals surface area contributed by atoms with Gasteiger partial charge in [-0.15, -0.1) is 0 Å². The summed E-state index contributed by atoms with van der Waals surface area (Å²) < 4.78 is 0. The van der Waals surface area contributed by atoms with E-state index < -0.39 is 7.14 Å². The van der Waals surface area contributed by atoms with Crippen molar-refractivity contribution in [1.82, 2.24) is 0 Å². The van der Waals surface area contributed by atoms with Crippen LogP contribution in [-0.4, -0.2) is 26.4 Å². The van der Waals surface area contributed by atoms with E-state index in [1.54, 1.807) is 0 Å². The minimum atomic E-state index is -0.866. The molecule has 0 radical (unpaired) electrons. The fourth-order valence-electron chi connectivity index (χ4n) is 0. The van der Waals surface area contributed by atoms with Crippen LogP contribution in [0.2, 0.25) is 0 Å². The quantitative estimate of drug-likeness (QED) is 0.363. The van der Waals surface area contributed by atoms with Crippen molar-refractivity contribution < 1.29 is 0 Å². The Morgan fingerprint density at radius 1 is 1.33 bits per heavy atom. The monoisotopic (exact) mass is 124 g/mol. The molecule has 6 heavy (non-hydrogen) atoms. The standard InChI is InChI=1S/C3H11BClP/c1-6(2,3)4-5/h4,6H,1-3H3. The van der Waals surface area contributed by atoms with E-state index in [0.29, 0.717) is 0 Å². The van der Waals surface area contributed by atoms with Crippen LogP contribution in [0.4, 0.5) is 0 Å². The topological polar surface area (TPSA) is 0 Å². The van der Waals surface area contributed by atoms with Gasteiger partial charge in [0.05, 0.1) is 0 Å². The predicted octanol–water partition coefficient (Wildman–Crippen LogP) is 1.13. The summed E-state index contributed by atoms with van der Waals surface area (Å²) in [5.41, 5.74) is 0. The van der Waals surface area contributed by atoms with Gasteiger partial charge >= 0.3 is 45.0 Å². The number of rotatable bonds is 1. The molecule has 3 heteroatoms. The van der Waals surface area contributed by atoms with Crippen molar-refractivity contribution in [3.63, 3.8) is 0 Å². The van der Waals surface area contributed by atoms with Crippen LogP contribution in [0.5, 0.6) is 0 Å². The van der Waals surface area contributed by atoms with Crippen LogP contribution in [0.25, 0.3) is 0 Å². The maximum absolute atomic E-state index is 5.54. The third-order valence-corrected chi connectivity index (χ3v) is 3.61. The fraction of sp³-hybridized carbons (Fsp3) is 1.00. The van der Waals surface area contributed by atoms with Crippen LogP contribution >= 0.6 is 18.6 Å². The first kappa shape index (κ1) is 6.78. The summed E-state index contributed by atoms with van der Waals surface area (Å²) in [5, 5.41) is 0. The van der Waals surface area contributed by atoms with E-state index >= 15 is 0 Å². The van der Waals surface area contributed by atoms with E-state index in [0.717, 1.165) is 6.41 Å². The molecule has 0 nitrogen and oxygen atoms in total. The average Bonchev–Trinajstić information content (AvgIpc) is 1.35. The Labute approximate surface area is 45.7 Å². The van der Waals surface area contributed by atoms with Gasteiger partial charge in [0, 0.05) is 0 Å². The SMILES string of the molecule is C[PH](C)(C)BCl. The zero-order valence-electron chi connectivity index (χ0n) is 4.59. The molecule has 0 aromatic carbocycles. The van der Waals surface area contributed by atoms with Crippen LogP contribution in [-0.2, 0) is 0 Å². The van der Waals surface area contributed by atoms with Gasteiger partial charge in [-0.25, -0.2) is 0 Å². The molecule has 0 spiro atoms. The Kier molecular flexibility index (Phi) is 2.47. The molecule has 0 bridgehead atoms. The van der Waals surface area contributed by atoms with Crippen molar-refractivity contribution in [1.29, 1.82) is 0 Å². The molecule has 0 amide bonds. The zero-order valence-corrected chi connectivity index (χ0v) is 6.34. The van der Waals surface area contributed by atoms with Gasteiger partial charge in [0.2, 0.25) is 0 Å². The number of hydrogen-bond acceptors (Lipinski definition) is 0. The van der Waals surface area contributed by atoms with E-state index in [-0.39, 0.29) is 0 Å². The van der Waals surface area contributed by atoms with Gasteiger partial charge < -0.3 is 0 Å². The second-order valence-electron chi connectivity index (χ2n) is 2.69. The molecule has 0 aliphatic carbocycles. The van der Waals surface area contributed by atoms with Gasteiger partial charge in [-0.1, -0.05) is 0 Å².